The number of H-pyrrole nitrogens is 1. The summed E-state index contributed by atoms with van der Waals surface area (Å²) in [7, 11) is 0. The maximum absolute atomic E-state index is 10.4. The number of hydrogen-bond acceptors (Lipinski definition) is 2. The second-order valence-corrected chi connectivity index (χ2v) is 2.32. The standard InChI is InChI=1S/C8H7NO4/c10-7(11)2-1-5-3-6(8(12)13)9-4-5/h1-4,9H,(H,10,11)(H,12,13). The molecule has 0 radical (unpaired) electrons. The van der Waals surface area contributed by atoms with E-state index in [-0.39, 0.29) is 5.69 Å². The first-order valence-electron chi connectivity index (χ1n) is 3.42. The Labute approximate surface area is 73.3 Å². The second-order valence-electron chi connectivity index (χ2n) is 2.32. The van der Waals surface area contributed by atoms with Gasteiger partial charge in [-0.15, -0.1) is 0 Å². The van der Waals surface area contributed by atoms with E-state index < -0.39 is 11.9 Å². The third kappa shape index (κ3) is 2.48. The second kappa shape index (κ2) is 3.57. The predicted octanol–water partition coefficient (Wildman–Crippen LogP) is 0.811. The molecule has 0 spiro atoms. The topological polar surface area (TPSA) is 90.4 Å². The molecule has 0 unspecified atom stereocenters. The van der Waals surface area contributed by atoms with Crippen molar-refractivity contribution in [2.45, 2.75) is 0 Å². The highest BCUT2D eigenvalue weighted by Crippen LogP contribution is 2.05. The Morgan fingerprint density at radius 1 is 1.38 bits per heavy atom. The largest absolute Gasteiger partial charge is 0.478 e. The molecule has 0 saturated carbocycles. The zero-order chi connectivity index (χ0) is 9.84. The van der Waals surface area contributed by atoms with Crippen molar-refractivity contribution >= 4 is 18.0 Å². The van der Waals surface area contributed by atoms with E-state index in [4.69, 9.17) is 10.2 Å². The average molecular weight is 181 g/mol. The maximum atomic E-state index is 10.4. The zero-order valence-electron chi connectivity index (χ0n) is 6.52. The highest BCUT2D eigenvalue weighted by Gasteiger charge is 2.03. The van der Waals surface area contributed by atoms with Crippen molar-refractivity contribution in [3.63, 3.8) is 0 Å². The van der Waals surface area contributed by atoms with Gasteiger partial charge < -0.3 is 15.2 Å². The molecule has 0 saturated heterocycles. The zero-order valence-corrected chi connectivity index (χ0v) is 6.52. The quantitative estimate of drug-likeness (QED) is 0.602. The molecule has 5 nitrogen and oxygen atoms in total. The molecule has 1 aromatic heterocycles. The molecule has 1 aromatic rings. The minimum Gasteiger partial charge on any atom is -0.478 e. The van der Waals surface area contributed by atoms with E-state index in [0.717, 1.165) is 6.08 Å². The maximum Gasteiger partial charge on any atom is 0.352 e. The van der Waals surface area contributed by atoms with Crippen LogP contribution in [-0.4, -0.2) is 27.1 Å². The van der Waals surface area contributed by atoms with Crippen LogP contribution < -0.4 is 0 Å². The molecule has 0 aliphatic carbocycles. The predicted molar refractivity (Wildman–Crippen MR) is 44.4 cm³/mol. The molecule has 0 atom stereocenters. The average Bonchev–Trinajstić information content (AvgIpc) is 2.48. The third-order valence-corrected chi connectivity index (χ3v) is 1.35. The van der Waals surface area contributed by atoms with Crippen molar-refractivity contribution < 1.29 is 19.8 Å². The van der Waals surface area contributed by atoms with Gasteiger partial charge in [-0.3, -0.25) is 0 Å². The van der Waals surface area contributed by atoms with Crippen LogP contribution in [0.25, 0.3) is 6.08 Å². The van der Waals surface area contributed by atoms with Crippen LogP contribution in [0.4, 0.5) is 0 Å². The van der Waals surface area contributed by atoms with Gasteiger partial charge in [-0.1, -0.05) is 0 Å². The number of nitrogens with one attached hydrogen (secondary N) is 1. The van der Waals surface area contributed by atoms with Gasteiger partial charge in [-0.25, -0.2) is 9.59 Å². The lowest BCUT2D eigenvalue weighted by Crippen LogP contribution is -1.94. The van der Waals surface area contributed by atoms with Gasteiger partial charge in [0.25, 0.3) is 0 Å². The van der Waals surface area contributed by atoms with E-state index in [1.54, 1.807) is 0 Å². The number of carboxylic acid groups (broad SMARTS) is 2. The van der Waals surface area contributed by atoms with Gasteiger partial charge in [0.15, 0.2) is 0 Å². The normalized spacial score (nSPS) is 10.5. The van der Waals surface area contributed by atoms with E-state index in [1.165, 1.54) is 18.3 Å². The van der Waals surface area contributed by atoms with Gasteiger partial charge in [0, 0.05) is 12.3 Å². The first-order valence-corrected chi connectivity index (χ1v) is 3.42. The van der Waals surface area contributed by atoms with Crippen molar-refractivity contribution in [1.82, 2.24) is 4.98 Å². The summed E-state index contributed by atoms with van der Waals surface area (Å²) < 4.78 is 0. The molecule has 0 aliphatic rings. The Balaban J connectivity index is 2.80. The van der Waals surface area contributed by atoms with Crippen LogP contribution in [0, 0.1) is 0 Å². The molecule has 0 aliphatic heterocycles. The van der Waals surface area contributed by atoms with Gasteiger partial charge >= 0.3 is 11.9 Å². The molecule has 68 valence electrons. The molecule has 0 aromatic carbocycles. The van der Waals surface area contributed by atoms with Crippen LogP contribution in [0.1, 0.15) is 16.1 Å². The summed E-state index contributed by atoms with van der Waals surface area (Å²) in [6, 6.07) is 1.35. The minimum absolute atomic E-state index is 0.0324. The molecule has 13 heavy (non-hydrogen) atoms. The van der Waals surface area contributed by atoms with Crippen LogP contribution in [0.2, 0.25) is 0 Å². The van der Waals surface area contributed by atoms with E-state index in [9.17, 15) is 9.59 Å². The van der Waals surface area contributed by atoms with Crippen molar-refractivity contribution in [3.8, 4) is 0 Å². The number of aromatic carboxylic acids is 1. The van der Waals surface area contributed by atoms with Gasteiger partial charge in [0.1, 0.15) is 5.69 Å². The lowest BCUT2D eigenvalue weighted by Gasteiger charge is -1.82. The smallest absolute Gasteiger partial charge is 0.352 e. The van der Waals surface area contributed by atoms with Gasteiger partial charge in [-0.05, 0) is 17.7 Å². The van der Waals surface area contributed by atoms with E-state index in [1.807, 2.05) is 0 Å². The summed E-state index contributed by atoms with van der Waals surface area (Å²) in [6.45, 7) is 0. The van der Waals surface area contributed by atoms with Crippen LogP contribution in [-0.2, 0) is 4.79 Å². The van der Waals surface area contributed by atoms with Gasteiger partial charge in [-0.2, -0.15) is 0 Å². The Bertz CT molecular complexity index is 364. The van der Waals surface area contributed by atoms with E-state index >= 15 is 0 Å². The molecule has 0 fully saturated rings. The van der Waals surface area contributed by atoms with Crippen molar-refractivity contribution in [3.05, 3.63) is 29.6 Å². The number of carbonyl (C=O) groups is 2. The fraction of sp³-hybridized carbons (Fsp3) is 0. The SMILES string of the molecule is O=C(O)C=Cc1c[nH]c(C(=O)O)c1. The first-order chi connectivity index (χ1) is 6.09. The molecule has 1 heterocycles. The number of hydrogen-bond donors (Lipinski definition) is 3. The molecule has 1 rings (SSSR count). The van der Waals surface area contributed by atoms with E-state index in [2.05, 4.69) is 4.98 Å². The summed E-state index contributed by atoms with van der Waals surface area (Å²) in [5.41, 5.74) is 0.546. The third-order valence-electron chi connectivity index (χ3n) is 1.35. The molecule has 5 heteroatoms. The number of rotatable bonds is 3. The lowest BCUT2D eigenvalue weighted by molar-refractivity contribution is -0.131. The van der Waals surface area contributed by atoms with Crippen LogP contribution >= 0.6 is 0 Å². The Morgan fingerprint density at radius 2 is 2.08 bits per heavy atom. The molecular weight excluding hydrogens is 174 g/mol. The fourth-order valence-corrected chi connectivity index (χ4v) is 0.798. The highest BCUT2D eigenvalue weighted by molar-refractivity contribution is 5.88. The fourth-order valence-electron chi connectivity index (χ4n) is 0.798. The molecule has 0 bridgehead atoms. The number of aromatic amines is 1. The van der Waals surface area contributed by atoms with Crippen LogP contribution in [0.3, 0.4) is 0 Å². The first kappa shape index (κ1) is 9.05. The molecule has 0 amide bonds. The molecule has 3 N–H and O–H groups in total. The van der Waals surface area contributed by atoms with Gasteiger partial charge in [0.2, 0.25) is 0 Å². The van der Waals surface area contributed by atoms with Crippen LogP contribution in [0.15, 0.2) is 18.3 Å². The lowest BCUT2D eigenvalue weighted by atomic mass is 10.3. The highest BCUT2D eigenvalue weighted by atomic mass is 16.4. The Morgan fingerprint density at radius 3 is 2.54 bits per heavy atom. The van der Waals surface area contributed by atoms with Crippen molar-refractivity contribution in [1.29, 1.82) is 0 Å². The summed E-state index contributed by atoms with van der Waals surface area (Å²) in [5, 5.41) is 16.8. The number of aliphatic carboxylic acids is 1. The Kier molecular flexibility index (Phi) is 2.49. The summed E-state index contributed by atoms with van der Waals surface area (Å²) in [5.74, 6) is -2.15. The minimum atomic E-state index is -1.07. The summed E-state index contributed by atoms with van der Waals surface area (Å²) in [6.07, 6.45) is 3.67. The number of carboxylic acids is 2. The Hall–Kier alpha value is -2.04. The van der Waals surface area contributed by atoms with Crippen LogP contribution in [0.5, 0.6) is 0 Å². The van der Waals surface area contributed by atoms with Crippen molar-refractivity contribution in [2.24, 2.45) is 0 Å². The van der Waals surface area contributed by atoms with E-state index in [0.29, 0.717) is 5.56 Å². The monoisotopic (exact) mass is 181 g/mol. The molecular formula is C8H7NO4. The number of aromatic nitrogens is 1. The van der Waals surface area contributed by atoms with Crippen molar-refractivity contribution in [2.75, 3.05) is 0 Å². The van der Waals surface area contributed by atoms with Gasteiger partial charge in [0.05, 0.1) is 0 Å². The summed E-state index contributed by atoms with van der Waals surface area (Å²) >= 11 is 0. The summed E-state index contributed by atoms with van der Waals surface area (Å²) in [4.78, 5) is 23.0.